The Morgan fingerprint density at radius 1 is 1.15 bits per heavy atom. The van der Waals surface area contributed by atoms with Crippen molar-refractivity contribution in [3.8, 4) is 5.75 Å². The minimum atomic E-state index is -3.85. The fourth-order valence-electron chi connectivity index (χ4n) is 2.00. The number of carbonyl (C=O) groups excluding carboxylic acids is 1. The lowest BCUT2D eigenvalue weighted by atomic mass is 10.3. The third kappa shape index (κ3) is 5.43. The topological polar surface area (TPSA) is 99.5 Å². The van der Waals surface area contributed by atoms with Crippen LogP contribution in [0.15, 0.2) is 65.0 Å². The first-order chi connectivity index (χ1) is 12.9. The number of amides is 1. The zero-order chi connectivity index (χ0) is 19.3. The van der Waals surface area contributed by atoms with Gasteiger partial charge in [-0.1, -0.05) is 17.8 Å². The third-order valence-corrected chi connectivity index (χ3v) is 5.55. The third-order valence-electron chi connectivity index (χ3n) is 3.24. The Labute approximate surface area is 165 Å². The summed E-state index contributed by atoms with van der Waals surface area (Å²) in [7, 11) is -3.85. The van der Waals surface area contributed by atoms with Crippen LogP contribution in [0, 0.1) is 0 Å². The molecule has 0 unspecified atom stereocenters. The van der Waals surface area contributed by atoms with E-state index in [9.17, 15) is 13.2 Å². The molecule has 0 saturated heterocycles. The predicted molar refractivity (Wildman–Crippen MR) is 104 cm³/mol. The van der Waals surface area contributed by atoms with Gasteiger partial charge in [0.05, 0.1) is 4.90 Å². The van der Waals surface area contributed by atoms with E-state index in [0.717, 1.165) is 11.3 Å². The molecule has 1 amide bonds. The van der Waals surface area contributed by atoms with Crippen LogP contribution >= 0.6 is 22.9 Å². The molecule has 0 aliphatic rings. The molecule has 27 heavy (non-hydrogen) atoms. The molecule has 0 radical (unpaired) electrons. The molecule has 0 atom stereocenters. The van der Waals surface area contributed by atoms with Gasteiger partial charge < -0.3 is 19.8 Å². The van der Waals surface area contributed by atoms with Crippen LogP contribution in [-0.2, 0) is 14.8 Å². The fourth-order valence-corrected chi connectivity index (χ4v) is 3.80. The first-order valence-electron chi connectivity index (χ1n) is 7.58. The highest BCUT2D eigenvalue weighted by atomic mass is 35.5. The number of rotatable bonds is 7. The number of anilines is 1. The van der Waals surface area contributed by atoms with E-state index in [1.165, 1.54) is 30.5 Å². The van der Waals surface area contributed by atoms with E-state index in [2.05, 4.69) is 15.0 Å². The second kappa shape index (κ2) is 8.38. The van der Waals surface area contributed by atoms with Gasteiger partial charge in [0.1, 0.15) is 5.75 Å². The number of aromatic nitrogens is 1. The van der Waals surface area contributed by atoms with E-state index in [0.29, 0.717) is 16.5 Å². The van der Waals surface area contributed by atoms with Gasteiger partial charge in [-0.25, -0.2) is 8.42 Å². The molecule has 0 fully saturated rings. The van der Waals surface area contributed by atoms with Crippen molar-refractivity contribution in [1.29, 1.82) is 0 Å². The van der Waals surface area contributed by atoms with Crippen molar-refractivity contribution in [2.45, 2.75) is 4.90 Å². The highest BCUT2D eigenvalue weighted by Crippen LogP contribution is 2.29. The Kier molecular flexibility index (Phi) is 5.94. The summed E-state index contributed by atoms with van der Waals surface area (Å²) in [4.78, 5) is 15.8. The van der Waals surface area contributed by atoms with Crippen LogP contribution in [0.3, 0.4) is 0 Å². The molecule has 7 nitrogen and oxygen atoms in total. The maximum atomic E-state index is 12.2. The van der Waals surface area contributed by atoms with Crippen LogP contribution in [0.4, 0.5) is 10.8 Å². The average molecular weight is 423 g/mol. The lowest BCUT2D eigenvalue weighted by Crippen LogP contribution is -2.20. The summed E-state index contributed by atoms with van der Waals surface area (Å²) in [6, 6.07) is 12.3. The highest BCUT2D eigenvalue weighted by Gasteiger charge is 2.11. The predicted octanol–water partition coefficient (Wildman–Crippen LogP) is 4.21. The Morgan fingerprint density at radius 2 is 1.85 bits per heavy atom. The number of halogens is 1. The number of nitrogens with zero attached hydrogens (tertiary/aromatic N) is 2. The van der Waals surface area contributed by atoms with Gasteiger partial charge in [-0.2, -0.15) is 11.3 Å². The second-order valence-electron chi connectivity index (χ2n) is 5.20. The van der Waals surface area contributed by atoms with Gasteiger partial charge in [-0.05, 0) is 53.9 Å². The van der Waals surface area contributed by atoms with Crippen molar-refractivity contribution in [3.05, 3.63) is 69.9 Å². The van der Waals surface area contributed by atoms with Crippen molar-refractivity contribution in [2.75, 3.05) is 11.9 Å². The molecule has 1 heterocycles. The summed E-state index contributed by atoms with van der Waals surface area (Å²) in [5.74, 6) is 0.132. The molecule has 0 aliphatic carbocycles. The van der Waals surface area contributed by atoms with E-state index in [1.807, 2.05) is 0 Å². The average Bonchev–Trinajstić information content (AvgIpc) is 3.14. The van der Waals surface area contributed by atoms with Gasteiger partial charge in [-0.15, -0.1) is 0 Å². The molecular weight excluding hydrogens is 410 g/mol. The van der Waals surface area contributed by atoms with Crippen LogP contribution in [0.5, 0.6) is 5.75 Å². The van der Waals surface area contributed by atoms with Gasteiger partial charge in [0.2, 0.25) is 10.0 Å². The lowest BCUT2D eigenvalue weighted by Gasteiger charge is -2.12. The number of hydrogen-bond donors (Lipinski definition) is 1. The van der Waals surface area contributed by atoms with Crippen LogP contribution in [0.2, 0.25) is 5.02 Å². The Hall–Kier alpha value is -2.62. The largest absolute Gasteiger partial charge is 0.484 e. The summed E-state index contributed by atoms with van der Waals surface area (Å²) < 4.78 is 33.4. The number of carbonyl (C=O) groups is 1. The van der Waals surface area contributed by atoms with Crippen molar-refractivity contribution in [2.24, 2.45) is 0 Å². The summed E-state index contributed by atoms with van der Waals surface area (Å²) in [5.41, 5.74) is 0.438. The molecule has 0 saturated carbocycles. The van der Waals surface area contributed by atoms with E-state index in [4.69, 9.17) is 16.3 Å². The maximum Gasteiger partial charge on any atom is 0.262 e. The van der Waals surface area contributed by atoms with E-state index < -0.39 is 10.0 Å². The SMILES string of the molecule is O=C(COc1ccc(Cl)cc1)Nc1ccc(S(=O)(=O)[N-]c2nccs2)cc1. The van der Waals surface area contributed by atoms with E-state index in [1.54, 1.807) is 29.6 Å². The number of sulfonamides is 1. The van der Waals surface area contributed by atoms with Gasteiger partial charge >= 0.3 is 0 Å². The molecule has 3 rings (SSSR count). The van der Waals surface area contributed by atoms with Crippen LogP contribution in [-0.4, -0.2) is 25.9 Å². The fraction of sp³-hybridized carbons (Fsp3) is 0.0588. The minimum absolute atomic E-state index is 0.00751. The second-order valence-corrected chi connectivity index (χ2v) is 8.11. The van der Waals surface area contributed by atoms with E-state index >= 15 is 0 Å². The number of nitrogens with one attached hydrogen (secondary N) is 1. The van der Waals surface area contributed by atoms with Crippen molar-refractivity contribution >= 4 is 49.7 Å². The Balaban J connectivity index is 1.56. The normalized spacial score (nSPS) is 11.0. The van der Waals surface area contributed by atoms with Crippen LogP contribution < -0.4 is 10.1 Å². The molecule has 10 heteroatoms. The zero-order valence-corrected chi connectivity index (χ0v) is 16.1. The van der Waals surface area contributed by atoms with Gasteiger partial charge in [0.25, 0.3) is 5.91 Å². The summed E-state index contributed by atoms with van der Waals surface area (Å²) >= 11 is 6.90. The quantitative estimate of drug-likeness (QED) is 0.614. The van der Waals surface area contributed by atoms with Crippen LogP contribution in [0.1, 0.15) is 0 Å². The summed E-state index contributed by atoms with van der Waals surface area (Å²) in [5, 5.41) is 4.99. The van der Waals surface area contributed by atoms with Gasteiger partial charge in [0, 0.05) is 15.8 Å². The van der Waals surface area contributed by atoms with Crippen molar-refractivity contribution in [3.63, 3.8) is 0 Å². The Bertz CT molecular complexity index is 1010. The molecule has 3 aromatic rings. The summed E-state index contributed by atoms with van der Waals surface area (Å²) in [6.45, 7) is -0.193. The molecule has 0 spiro atoms. The molecule has 2 aromatic carbocycles. The van der Waals surface area contributed by atoms with Gasteiger partial charge in [0.15, 0.2) is 6.61 Å². The molecular formula is C17H13ClN3O4S2-. The maximum absolute atomic E-state index is 12.2. The molecule has 140 valence electrons. The number of ether oxygens (including phenoxy) is 1. The molecule has 1 N–H and O–H groups in total. The number of thiazole rings is 1. The smallest absolute Gasteiger partial charge is 0.262 e. The Morgan fingerprint density at radius 3 is 2.48 bits per heavy atom. The zero-order valence-electron chi connectivity index (χ0n) is 13.7. The van der Waals surface area contributed by atoms with E-state index in [-0.39, 0.29) is 22.5 Å². The molecule has 0 aliphatic heterocycles. The van der Waals surface area contributed by atoms with Crippen molar-refractivity contribution < 1.29 is 17.9 Å². The van der Waals surface area contributed by atoms with Crippen LogP contribution in [0.25, 0.3) is 4.72 Å². The first-order valence-corrected chi connectivity index (χ1v) is 10.3. The minimum Gasteiger partial charge on any atom is -0.484 e. The first kappa shape index (κ1) is 19.2. The number of hydrogen-bond acceptors (Lipinski definition) is 6. The van der Waals surface area contributed by atoms with Crippen molar-refractivity contribution in [1.82, 2.24) is 4.98 Å². The molecule has 1 aromatic heterocycles. The summed E-state index contributed by atoms with van der Waals surface area (Å²) in [6.07, 6.45) is 1.48. The standard InChI is InChI=1S/C17H14ClN3O4S2/c18-12-1-5-14(6-2-12)25-11-16(22)20-13-3-7-15(8-4-13)27(23,24)21-17-19-9-10-26-17/h1-10H,11H2,(H2,19,20,21,22)/p-1. The van der Waals surface area contributed by atoms with Gasteiger partial charge in [-0.3, -0.25) is 4.79 Å². The lowest BCUT2D eigenvalue weighted by molar-refractivity contribution is -0.118. The molecule has 0 bridgehead atoms. The monoisotopic (exact) mass is 422 g/mol. The highest BCUT2D eigenvalue weighted by molar-refractivity contribution is 7.94. The number of benzene rings is 2.